The maximum absolute atomic E-state index is 11.4. The number of hydrogen-bond acceptors (Lipinski definition) is 5. The number of nitrogens with zero attached hydrogens (tertiary/aromatic N) is 4. The lowest BCUT2D eigenvalue weighted by molar-refractivity contribution is -0.385. The zero-order valence-corrected chi connectivity index (χ0v) is 18.7. The van der Waals surface area contributed by atoms with Gasteiger partial charge in [-0.1, -0.05) is 60.7 Å². The van der Waals surface area contributed by atoms with Crippen molar-refractivity contribution in [3.8, 4) is 11.3 Å². The molecule has 0 aliphatic heterocycles. The normalized spacial score (nSPS) is 12.3. The minimum absolute atomic E-state index is 0.0817. The summed E-state index contributed by atoms with van der Waals surface area (Å²) in [7, 11) is 0. The number of rotatable bonds is 6. The van der Waals surface area contributed by atoms with Gasteiger partial charge in [0, 0.05) is 28.1 Å². The summed E-state index contributed by atoms with van der Waals surface area (Å²) in [5.41, 5.74) is 4.01. The summed E-state index contributed by atoms with van der Waals surface area (Å²) in [6.45, 7) is 7.81. The van der Waals surface area contributed by atoms with Crippen LogP contribution in [0.1, 0.15) is 18.1 Å². The molecule has 7 heteroatoms. The van der Waals surface area contributed by atoms with Crippen LogP contribution in [0.5, 0.6) is 0 Å². The number of nitro groups is 1. The minimum atomic E-state index is -0.365. The van der Waals surface area contributed by atoms with Gasteiger partial charge in [0.1, 0.15) is 0 Å². The number of aromatic nitrogens is 1. The Kier molecular flexibility index (Phi) is 6.09. The highest BCUT2D eigenvalue weighted by Gasteiger charge is 2.14. The molecule has 3 aromatic carbocycles. The van der Waals surface area contributed by atoms with Gasteiger partial charge in [0.2, 0.25) is 4.80 Å². The van der Waals surface area contributed by atoms with Gasteiger partial charge in [-0.15, -0.1) is 17.9 Å². The van der Waals surface area contributed by atoms with E-state index in [1.54, 1.807) is 25.1 Å². The third-order valence-electron chi connectivity index (χ3n) is 5.18. The summed E-state index contributed by atoms with van der Waals surface area (Å²) in [5.74, 6) is 0. The molecule has 0 spiro atoms. The lowest BCUT2D eigenvalue weighted by Gasteiger charge is -2.09. The molecular formula is C25H22N4O2S. The van der Waals surface area contributed by atoms with Crippen molar-refractivity contribution < 1.29 is 4.92 Å². The summed E-state index contributed by atoms with van der Waals surface area (Å²) < 4.78 is 1.82. The molecule has 0 amide bonds. The van der Waals surface area contributed by atoms with E-state index < -0.39 is 0 Å². The van der Waals surface area contributed by atoms with Gasteiger partial charge in [0.25, 0.3) is 5.69 Å². The molecule has 32 heavy (non-hydrogen) atoms. The van der Waals surface area contributed by atoms with Crippen molar-refractivity contribution >= 4 is 33.5 Å². The zero-order chi connectivity index (χ0) is 22.7. The van der Waals surface area contributed by atoms with Crippen molar-refractivity contribution in [2.24, 2.45) is 10.1 Å². The Morgan fingerprint density at radius 1 is 1.19 bits per heavy atom. The largest absolute Gasteiger partial charge is 0.272 e. The summed E-state index contributed by atoms with van der Waals surface area (Å²) in [5, 5.41) is 20.5. The number of aryl methyl sites for hydroxylation is 1. The highest BCUT2D eigenvalue weighted by molar-refractivity contribution is 7.07. The van der Waals surface area contributed by atoms with Crippen LogP contribution in [-0.4, -0.2) is 21.9 Å². The predicted molar refractivity (Wildman–Crippen MR) is 131 cm³/mol. The number of nitro benzene ring substituents is 1. The fourth-order valence-corrected chi connectivity index (χ4v) is 4.35. The van der Waals surface area contributed by atoms with Crippen LogP contribution in [0.2, 0.25) is 0 Å². The van der Waals surface area contributed by atoms with Gasteiger partial charge in [-0.25, -0.2) is 4.68 Å². The molecule has 4 rings (SSSR count). The minimum Gasteiger partial charge on any atom is -0.258 e. The first-order valence-electron chi connectivity index (χ1n) is 10.1. The predicted octanol–water partition coefficient (Wildman–Crippen LogP) is 5.95. The molecule has 0 bridgehead atoms. The SMILES string of the molecule is C=CCN=c1scc(-c2cccc3ccccc23)n1N=C(C)c1ccc(C)c([N+](=O)[O-])c1. The number of thiazole rings is 1. The first-order chi connectivity index (χ1) is 15.5. The number of benzene rings is 3. The van der Waals surface area contributed by atoms with Gasteiger partial charge in [0.15, 0.2) is 0 Å². The Labute approximate surface area is 189 Å². The fourth-order valence-electron chi connectivity index (χ4n) is 3.52. The van der Waals surface area contributed by atoms with E-state index >= 15 is 0 Å². The molecule has 0 N–H and O–H groups in total. The molecular weight excluding hydrogens is 420 g/mol. The van der Waals surface area contributed by atoms with E-state index in [2.05, 4.69) is 35.8 Å². The van der Waals surface area contributed by atoms with E-state index in [9.17, 15) is 10.1 Å². The van der Waals surface area contributed by atoms with Gasteiger partial charge in [-0.3, -0.25) is 15.1 Å². The van der Waals surface area contributed by atoms with Crippen LogP contribution in [0.4, 0.5) is 5.69 Å². The van der Waals surface area contributed by atoms with Gasteiger partial charge in [0.05, 0.1) is 22.9 Å². The maximum atomic E-state index is 11.4. The summed E-state index contributed by atoms with van der Waals surface area (Å²) in [6, 6.07) is 19.6. The van der Waals surface area contributed by atoms with Gasteiger partial charge < -0.3 is 0 Å². The zero-order valence-electron chi connectivity index (χ0n) is 17.9. The summed E-state index contributed by atoms with van der Waals surface area (Å²) >= 11 is 1.50. The monoisotopic (exact) mass is 442 g/mol. The molecule has 4 aromatic rings. The molecule has 0 saturated carbocycles. The van der Waals surface area contributed by atoms with Crippen molar-refractivity contribution in [2.75, 3.05) is 6.54 Å². The van der Waals surface area contributed by atoms with E-state index in [1.807, 2.05) is 41.2 Å². The third kappa shape index (κ3) is 4.15. The van der Waals surface area contributed by atoms with Gasteiger partial charge in [-0.2, -0.15) is 5.10 Å². The average molecular weight is 443 g/mol. The Hall–Kier alpha value is -3.84. The van der Waals surface area contributed by atoms with Gasteiger partial charge >= 0.3 is 0 Å². The molecule has 0 unspecified atom stereocenters. The molecule has 0 radical (unpaired) electrons. The molecule has 1 aromatic heterocycles. The topological polar surface area (TPSA) is 72.8 Å². The van der Waals surface area contributed by atoms with Crippen LogP contribution >= 0.6 is 11.3 Å². The second-order valence-electron chi connectivity index (χ2n) is 7.32. The van der Waals surface area contributed by atoms with Crippen LogP contribution in [0, 0.1) is 17.0 Å². The second-order valence-corrected chi connectivity index (χ2v) is 8.15. The Morgan fingerprint density at radius 2 is 1.97 bits per heavy atom. The Bertz CT molecular complexity index is 1420. The Morgan fingerprint density at radius 3 is 2.75 bits per heavy atom. The van der Waals surface area contributed by atoms with Gasteiger partial charge in [-0.05, 0) is 24.6 Å². The highest BCUT2D eigenvalue weighted by Crippen LogP contribution is 2.29. The molecule has 0 aliphatic rings. The first-order valence-corrected chi connectivity index (χ1v) is 11.0. The lowest BCUT2D eigenvalue weighted by Crippen LogP contribution is -2.14. The molecule has 0 saturated heterocycles. The summed E-state index contributed by atoms with van der Waals surface area (Å²) in [6.07, 6.45) is 1.74. The van der Waals surface area contributed by atoms with Crippen LogP contribution in [0.15, 0.2) is 88.8 Å². The van der Waals surface area contributed by atoms with Crippen LogP contribution in [0.3, 0.4) is 0 Å². The quantitative estimate of drug-likeness (QED) is 0.160. The van der Waals surface area contributed by atoms with E-state index in [0.717, 1.165) is 26.8 Å². The molecule has 0 aliphatic carbocycles. The van der Waals surface area contributed by atoms with E-state index in [-0.39, 0.29) is 10.6 Å². The lowest BCUT2D eigenvalue weighted by atomic mass is 10.0. The van der Waals surface area contributed by atoms with E-state index in [4.69, 9.17) is 5.10 Å². The maximum Gasteiger partial charge on any atom is 0.272 e. The third-order valence-corrected chi connectivity index (χ3v) is 6.03. The second kappa shape index (κ2) is 9.11. The Balaban J connectivity index is 1.92. The smallest absolute Gasteiger partial charge is 0.258 e. The molecule has 0 fully saturated rings. The number of hydrogen-bond donors (Lipinski definition) is 0. The standard InChI is InChI=1S/C25H22N4O2S/c1-4-14-26-25-28(27-18(3)20-13-12-17(2)23(15-20)29(30)31)24(16-32-25)22-11-7-9-19-8-5-6-10-21(19)22/h4-13,15-16H,1,14H2,2-3H3. The average Bonchev–Trinajstić information content (AvgIpc) is 3.19. The summed E-state index contributed by atoms with van der Waals surface area (Å²) in [4.78, 5) is 16.4. The molecule has 160 valence electrons. The molecule has 1 heterocycles. The van der Waals surface area contributed by atoms with Crippen molar-refractivity contribution in [1.82, 2.24) is 4.68 Å². The fraction of sp³-hybridized carbons (Fsp3) is 0.120. The van der Waals surface area contributed by atoms with Crippen molar-refractivity contribution in [2.45, 2.75) is 13.8 Å². The van der Waals surface area contributed by atoms with Crippen molar-refractivity contribution in [1.29, 1.82) is 0 Å². The van der Waals surface area contributed by atoms with Crippen molar-refractivity contribution in [3.63, 3.8) is 0 Å². The van der Waals surface area contributed by atoms with Crippen LogP contribution in [-0.2, 0) is 0 Å². The van der Waals surface area contributed by atoms with Crippen molar-refractivity contribution in [3.05, 3.63) is 105 Å². The number of fused-ring (bicyclic) bond motifs is 1. The molecule has 0 atom stereocenters. The highest BCUT2D eigenvalue weighted by atomic mass is 32.1. The first kappa shape index (κ1) is 21.4. The van der Waals surface area contributed by atoms with E-state index in [1.165, 1.54) is 11.3 Å². The molecule has 6 nitrogen and oxygen atoms in total. The van der Waals surface area contributed by atoms with Crippen LogP contribution in [0.25, 0.3) is 22.0 Å². The van der Waals surface area contributed by atoms with Crippen LogP contribution < -0.4 is 4.80 Å². The van der Waals surface area contributed by atoms with E-state index in [0.29, 0.717) is 23.4 Å².